The molecule has 2 unspecified atom stereocenters. The summed E-state index contributed by atoms with van der Waals surface area (Å²) in [5.74, 6) is 0.843. The van der Waals surface area contributed by atoms with Gasteiger partial charge in [-0.25, -0.2) is 0 Å². The molecule has 0 aromatic carbocycles. The van der Waals surface area contributed by atoms with Crippen molar-refractivity contribution in [3.63, 3.8) is 0 Å². The number of hydrogen-bond donors (Lipinski definition) is 1. The predicted molar refractivity (Wildman–Crippen MR) is 35.6 cm³/mol. The minimum atomic E-state index is 0.528. The van der Waals surface area contributed by atoms with Gasteiger partial charge in [0.2, 0.25) is 0 Å². The molecular weight excluding hydrogens is 98.1 g/mol. The fourth-order valence-corrected chi connectivity index (χ4v) is 1.57. The van der Waals surface area contributed by atoms with Crippen molar-refractivity contribution in [2.24, 2.45) is 11.7 Å². The van der Waals surface area contributed by atoms with E-state index < -0.39 is 0 Å². The van der Waals surface area contributed by atoms with Crippen LogP contribution in [0.25, 0.3) is 0 Å². The van der Waals surface area contributed by atoms with Crippen LogP contribution in [-0.4, -0.2) is 6.04 Å². The molecule has 0 aliphatic heterocycles. The van der Waals surface area contributed by atoms with Gasteiger partial charge < -0.3 is 5.73 Å². The SMILES string of the molecule is CCC1CCCC1N. The van der Waals surface area contributed by atoms with Crippen LogP contribution in [0.4, 0.5) is 0 Å². The second-order valence-corrected chi connectivity index (χ2v) is 2.76. The van der Waals surface area contributed by atoms with Crippen LogP contribution < -0.4 is 5.73 Å². The standard InChI is InChI=1S/C7H15N/c1-2-6-4-3-5-7(6)8/h6-7H,2-5,8H2,1H3. The van der Waals surface area contributed by atoms with Crippen LogP contribution in [0.5, 0.6) is 0 Å². The first-order valence-electron chi connectivity index (χ1n) is 3.60. The molecule has 8 heavy (non-hydrogen) atoms. The van der Waals surface area contributed by atoms with Crippen LogP contribution >= 0.6 is 0 Å². The first-order valence-corrected chi connectivity index (χ1v) is 3.60. The largest absolute Gasteiger partial charge is 0.327 e. The lowest BCUT2D eigenvalue weighted by molar-refractivity contribution is 0.467. The van der Waals surface area contributed by atoms with E-state index in [-0.39, 0.29) is 0 Å². The van der Waals surface area contributed by atoms with Crippen molar-refractivity contribution in [1.29, 1.82) is 0 Å². The van der Waals surface area contributed by atoms with Gasteiger partial charge in [-0.15, -0.1) is 0 Å². The van der Waals surface area contributed by atoms with E-state index in [1.165, 1.54) is 25.7 Å². The molecule has 0 amide bonds. The highest BCUT2D eigenvalue weighted by Crippen LogP contribution is 2.25. The van der Waals surface area contributed by atoms with E-state index >= 15 is 0 Å². The summed E-state index contributed by atoms with van der Waals surface area (Å²) in [4.78, 5) is 0. The maximum atomic E-state index is 5.79. The molecule has 0 saturated heterocycles. The minimum Gasteiger partial charge on any atom is -0.327 e. The summed E-state index contributed by atoms with van der Waals surface area (Å²) in [6.45, 7) is 2.23. The maximum absolute atomic E-state index is 5.79. The Balaban J connectivity index is 2.30. The topological polar surface area (TPSA) is 26.0 Å². The third-order valence-corrected chi connectivity index (χ3v) is 2.24. The minimum absolute atomic E-state index is 0.528. The second kappa shape index (κ2) is 2.49. The summed E-state index contributed by atoms with van der Waals surface area (Å²) >= 11 is 0. The fraction of sp³-hybridized carbons (Fsp3) is 1.00. The summed E-state index contributed by atoms with van der Waals surface area (Å²) < 4.78 is 0. The monoisotopic (exact) mass is 113 g/mol. The first kappa shape index (κ1) is 6.09. The second-order valence-electron chi connectivity index (χ2n) is 2.76. The molecule has 0 aromatic rings. The van der Waals surface area contributed by atoms with Gasteiger partial charge in [-0.1, -0.05) is 19.8 Å². The first-order chi connectivity index (χ1) is 3.84. The third-order valence-electron chi connectivity index (χ3n) is 2.24. The number of rotatable bonds is 1. The molecule has 1 nitrogen and oxygen atoms in total. The average Bonchev–Trinajstić information content (AvgIpc) is 2.14. The average molecular weight is 113 g/mol. The summed E-state index contributed by atoms with van der Waals surface area (Å²) in [6.07, 6.45) is 5.27. The van der Waals surface area contributed by atoms with Crippen molar-refractivity contribution < 1.29 is 0 Å². The van der Waals surface area contributed by atoms with Gasteiger partial charge in [-0.3, -0.25) is 0 Å². The molecule has 2 N–H and O–H groups in total. The van der Waals surface area contributed by atoms with Crippen LogP contribution in [0.3, 0.4) is 0 Å². The van der Waals surface area contributed by atoms with Crippen molar-refractivity contribution >= 4 is 0 Å². The van der Waals surface area contributed by atoms with Gasteiger partial charge in [0.05, 0.1) is 0 Å². The highest BCUT2D eigenvalue weighted by molar-refractivity contribution is 4.78. The van der Waals surface area contributed by atoms with Crippen molar-refractivity contribution in [1.82, 2.24) is 0 Å². The summed E-state index contributed by atoms with van der Waals surface area (Å²) in [6, 6.07) is 0.528. The van der Waals surface area contributed by atoms with Gasteiger partial charge in [-0.05, 0) is 18.8 Å². The van der Waals surface area contributed by atoms with E-state index in [4.69, 9.17) is 5.73 Å². The van der Waals surface area contributed by atoms with Crippen LogP contribution in [0.15, 0.2) is 0 Å². The van der Waals surface area contributed by atoms with Gasteiger partial charge in [-0.2, -0.15) is 0 Å². The van der Waals surface area contributed by atoms with Gasteiger partial charge >= 0.3 is 0 Å². The Morgan fingerprint density at radius 1 is 1.50 bits per heavy atom. The molecule has 0 radical (unpaired) electrons. The Hall–Kier alpha value is -0.0400. The highest BCUT2D eigenvalue weighted by atomic mass is 14.7. The van der Waals surface area contributed by atoms with Crippen molar-refractivity contribution in [3.05, 3.63) is 0 Å². The molecule has 48 valence electrons. The van der Waals surface area contributed by atoms with Gasteiger partial charge in [0.25, 0.3) is 0 Å². The normalized spacial score (nSPS) is 38.2. The fourth-order valence-electron chi connectivity index (χ4n) is 1.57. The molecule has 1 aliphatic carbocycles. The molecule has 0 aromatic heterocycles. The lowest BCUT2D eigenvalue weighted by Crippen LogP contribution is -2.23. The summed E-state index contributed by atoms with van der Waals surface area (Å²) in [5, 5.41) is 0. The van der Waals surface area contributed by atoms with Crippen molar-refractivity contribution in [2.75, 3.05) is 0 Å². The van der Waals surface area contributed by atoms with E-state index in [9.17, 15) is 0 Å². The van der Waals surface area contributed by atoms with E-state index in [1.54, 1.807) is 0 Å². The molecular formula is C7H15N. The maximum Gasteiger partial charge on any atom is 0.00670 e. The van der Waals surface area contributed by atoms with Gasteiger partial charge in [0.1, 0.15) is 0 Å². The molecule has 0 heterocycles. The highest BCUT2D eigenvalue weighted by Gasteiger charge is 2.21. The number of nitrogens with two attached hydrogens (primary N) is 1. The third kappa shape index (κ3) is 1.03. The van der Waals surface area contributed by atoms with Crippen LogP contribution in [0.1, 0.15) is 32.6 Å². The lowest BCUT2D eigenvalue weighted by Gasteiger charge is -2.10. The summed E-state index contributed by atoms with van der Waals surface area (Å²) in [5.41, 5.74) is 5.79. The van der Waals surface area contributed by atoms with Crippen molar-refractivity contribution in [3.8, 4) is 0 Å². The number of hydrogen-bond acceptors (Lipinski definition) is 1. The molecule has 0 bridgehead atoms. The summed E-state index contributed by atoms with van der Waals surface area (Å²) in [7, 11) is 0. The molecule has 1 rings (SSSR count). The van der Waals surface area contributed by atoms with Crippen molar-refractivity contribution in [2.45, 2.75) is 38.6 Å². The Morgan fingerprint density at radius 3 is 2.50 bits per heavy atom. The molecule has 1 saturated carbocycles. The Labute approximate surface area is 51.3 Å². The lowest BCUT2D eigenvalue weighted by atomic mass is 10.0. The van der Waals surface area contributed by atoms with Crippen LogP contribution in [0, 0.1) is 5.92 Å². The molecule has 1 aliphatic rings. The van der Waals surface area contributed by atoms with E-state index in [0.717, 1.165) is 5.92 Å². The zero-order chi connectivity index (χ0) is 5.98. The van der Waals surface area contributed by atoms with E-state index in [0.29, 0.717) is 6.04 Å². The van der Waals surface area contributed by atoms with E-state index in [1.807, 2.05) is 0 Å². The Morgan fingerprint density at radius 2 is 2.25 bits per heavy atom. The zero-order valence-corrected chi connectivity index (χ0v) is 5.56. The van der Waals surface area contributed by atoms with E-state index in [2.05, 4.69) is 6.92 Å². The Bertz CT molecular complexity index is 70.8. The molecule has 1 heteroatoms. The molecule has 1 fully saturated rings. The predicted octanol–water partition coefficient (Wildman–Crippen LogP) is 1.52. The van der Waals surface area contributed by atoms with Crippen LogP contribution in [-0.2, 0) is 0 Å². The molecule has 0 spiro atoms. The van der Waals surface area contributed by atoms with Crippen LogP contribution in [0.2, 0.25) is 0 Å². The van der Waals surface area contributed by atoms with Gasteiger partial charge in [0, 0.05) is 6.04 Å². The smallest absolute Gasteiger partial charge is 0.00670 e. The Kier molecular flexibility index (Phi) is 1.90. The molecule has 2 atom stereocenters. The zero-order valence-electron chi connectivity index (χ0n) is 5.56. The quantitative estimate of drug-likeness (QED) is 0.548. The van der Waals surface area contributed by atoms with Gasteiger partial charge in [0.15, 0.2) is 0 Å².